The minimum absolute atomic E-state index is 0.817. The van der Waals surface area contributed by atoms with Gasteiger partial charge >= 0.3 is 0 Å². The summed E-state index contributed by atoms with van der Waals surface area (Å²) in [6.07, 6.45) is 0. The molecule has 0 saturated heterocycles. The SMILES string of the molecule is Brc1csc(CNc2nc3cc(Br)ccc3s2)c1. The maximum Gasteiger partial charge on any atom is 0.184 e. The summed E-state index contributed by atoms with van der Waals surface area (Å²) in [6, 6.07) is 8.30. The van der Waals surface area contributed by atoms with Crippen molar-refractivity contribution in [3.8, 4) is 0 Å². The van der Waals surface area contributed by atoms with E-state index in [1.165, 1.54) is 9.58 Å². The van der Waals surface area contributed by atoms with Gasteiger partial charge in [-0.05, 0) is 40.2 Å². The molecule has 0 amide bonds. The molecule has 0 saturated carbocycles. The zero-order chi connectivity index (χ0) is 12.5. The van der Waals surface area contributed by atoms with Crippen molar-refractivity contribution in [2.75, 3.05) is 5.32 Å². The van der Waals surface area contributed by atoms with E-state index < -0.39 is 0 Å². The maximum atomic E-state index is 4.57. The Balaban J connectivity index is 1.78. The lowest BCUT2D eigenvalue weighted by atomic mass is 10.3. The molecule has 0 unspecified atom stereocenters. The third-order valence-corrected chi connectivity index (χ3v) is 5.57. The van der Waals surface area contributed by atoms with Crippen molar-refractivity contribution < 1.29 is 0 Å². The Hall–Kier alpha value is -0.430. The summed E-state index contributed by atoms with van der Waals surface area (Å²) in [6.45, 7) is 0.817. The molecule has 92 valence electrons. The van der Waals surface area contributed by atoms with E-state index in [1.54, 1.807) is 22.7 Å². The molecule has 0 spiro atoms. The zero-order valence-electron chi connectivity index (χ0n) is 9.11. The van der Waals surface area contributed by atoms with Crippen LogP contribution in [0.4, 0.5) is 5.13 Å². The highest BCUT2D eigenvalue weighted by molar-refractivity contribution is 9.10. The van der Waals surface area contributed by atoms with E-state index in [-0.39, 0.29) is 0 Å². The Morgan fingerprint density at radius 3 is 2.83 bits per heavy atom. The van der Waals surface area contributed by atoms with Gasteiger partial charge in [-0.25, -0.2) is 4.98 Å². The van der Waals surface area contributed by atoms with Gasteiger partial charge in [0.05, 0.1) is 16.8 Å². The summed E-state index contributed by atoms with van der Waals surface area (Å²) in [7, 11) is 0. The normalized spacial score (nSPS) is 11.0. The van der Waals surface area contributed by atoms with Crippen LogP contribution in [-0.2, 0) is 6.54 Å². The molecule has 6 heteroatoms. The van der Waals surface area contributed by atoms with Gasteiger partial charge in [0.25, 0.3) is 0 Å². The largest absolute Gasteiger partial charge is 0.357 e. The van der Waals surface area contributed by atoms with Crippen molar-refractivity contribution in [2.45, 2.75) is 6.54 Å². The fourth-order valence-electron chi connectivity index (χ4n) is 1.59. The van der Waals surface area contributed by atoms with Crippen LogP contribution < -0.4 is 5.32 Å². The number of fused-ring (bicyclic) bond motifs is 1. The number of nitrogens with zero attached hydrogens (tertiary/aromatic N) is 1. The molecule has 0 aliphatic rings. The number of rotatable bonds is 3. The van der Waals surface area contributed by atoms with E-state index in [2.05, 4.69) is 59.7 Å². The number of hydrogen-bond donors (Lipinski definition) is 1. The van der Waals surface area contributed by atoms with E-state index in [9.17, 15) is 0 Å². The predicted octanol–water partition coefficient (Wildman–Crippen LogP) is 5.49. The summed E-state index contributed by atoms with van der Waals surface area (Å²) < 4.78 is 3.40. The van der Waals surface area contributed by atoms with E-state index in [4.69, 9.17) is 0 Å². The first-order chi connectivity index (χ1) is 8.70. The average molecular weight is 404 g/mol. The van der Waals surface area contributed by atoms with Gasteiger partial charge in [-0.3, -0.25) is 0 Å². The molecule has 0 aliphatic heterocycles. The zero-order valence-corrected chi connectivity index (χ0v) is 13.9. The smallest absolute Gasteiger partial charge is 0.184 e. The predicted molar refractivity (Wildman–Crippen MR) is 86.7 cm³/mol. The number of hydrogen-bond acceptors (Lipinski definition) is 4. The van der Waals surface area contributed by atoms with Gasteiger partial charge in [0.1, 0.15) is 0 Å². The van der Waals surface area contributed by atoms with Crippen LogP contribution in [-0.4, -0.2) is 4.98 Å². The summed E-state index contributed by atoms with van der Waals surface area (Å²) in [4.78, 5) is 5.86. The van der Waals surface area contributed by atoms with Crippen molar-refractivity contribution in [3.63, 3.8) is 0 Å². The lowest BCUT2D eigenvalue weighted by Gasteiger charge is -1.98. The second kappa shape index (κ2) is 5.28. The Labute approximate surface area is 129 Å². The first-order valence-corrected chi connectivity index (χ1v) is 8.52. The van der Waals surface area contributed by atoms with Gasteiger partial charge < -0.3 is 5.32 Å². The van der Waals surface area contributed by atoms with E-state index in [0.717, 1.165) is 26.1 Å². The van der Waals surface area contributed by atoms with E-state index in [1.807, 2.05) is 12.1 Å². The number of thiophene rings is 1. The third-order valence-electron chi connectivity index (χ3n) is 2.39. The summed E-state index contributed by atoms with van der Waals surface area (Å²) >= 11 is 10.3. The summed E-state index contributed by atoms with van der Waals surface area (Å²) in [5.41, 5.74) is 1.03. The molecule has 3 rings (SSSR count). The van der Waals surface area contributed by atoms with Crippen LogP contribution in [0.5, 0.6) is 0 Å². The van der Waals surface area contributed by atoms with Crippen LogP contribution >= 0.6 is 54.5 Å². The molecule has 0 fully saturated rings. The van der Waals surface area contributed by atoms with Crippen molar-refractivity contribution >= 4 is 69.9 Å². The minimum atomic E-state index is 0.817. The number of thiazole rings is 1. The number of aromatic nitrogens is 1. The average Bonchev–Trinajstić information content (AvgIpc) is 2.92. The van der Waals surface area contributed by atoms with Crippen molar-refractivity contribution in [2.24, 2.45) is 0 Å². The Morgan fingerprint density at radius 1 is 1.17 bits per heavy atom. The van der Waals surface area contributed by atoms with Crippen molar-refractivity contribution in [3.05, 3.63) is 43.5 Å². The molecule has 0 atom stereocenters. The van der Waals surface area contributed by atoms with Crippen LogP contribution in [0.3, 0.4) is 0 Å². The Morgan fingerprint density at radius 2 is 2.06 bits per heavy atom. The topological polar surface area (TPSA) is 24.9 Å². The van der Waals surface area contributed by atoms with Crippen LogP contribution in [0.25, 0.3) is 10.2 Å². The van der Waals surface area contributed by atoms with Gasteiger partial charge in [-0.2, -0.15) is 0 Å². The summed E-state index contributed by atoms with van der Waals surface area (Å²) in [5.74, 6) is 0. The van der Waals surface area contributed by atoms with Gasteiger partial charge in [0.2, 0.25) is 0 Å². The molecule has 0 bridgehead atoms. The van der Waals surface area contributed by atoms with Gasteiger partial charge in [0, 0.05) is 19.2 Å². The second-order valence-electron chi connectivity index (χ2n) is 3.72. The van der Waals surface area contributed by atoms with Crippen LogP contribution in [0.15, 0.2) is 38.6 Å². The van der Waals surface area contributed by atoms with Gasteiger partial charge in [-0.15, -0.1) is 11.3 Å². The van der Waals surface area contributed by atoms with E-state index >= 15 is 0 Å². The molecule has 2 aromatic heterocycles. The molecule has 2 heterocycles. The fourth-order valence-corrected chi connectivity index (χ4v) is 4.17. The van der Waals surface area contributed by atoms with Crippen molar-refractivity contribution in [1.29, 1.82) is 0 Å². The standard InChI is InChI=1S/C12H8Br2N2S2/c13-7-1-2-11-10(4-7)16-12(18-11)15-5-9-3-8(14)6-17-9/h1-4,6H,5H2,(H,15,16). The minimum Gasteiger partial charge on any atom is -0.357 e. The molecule has 1 N–H and O–H groups in total. The molecule has 2 nitrogen and oxygen atoms in total. The Bertz CT molecular complexity index is 690. The third kappa shape index (κ3) is 2.77. The molecule has 0 radical (unpaired) electrons. The second-order valence-corrected chi connectivity index (χ2v) is 7.57. The number of anilines is 1. The molecule has 3 aromatic rings. The fraction of sp³-hybridized carbons (Fsp3) is 0.0833. The monoisotopic (exact) mass is 402 g/mol. The molecular formula is C12H8Br2N2S2. The summed E-state index contributed by atoms with van der Waals surface area (Å²) in [5, 5.41) is 6.42. The first-order valence-electron chi connectivity index (χ1n) is 5.23. The highest BCUT2D eigenvalue weighted by Crippen LogP contribution is 2.29. The Kier molecular flexibility index (Phi) is 3.70. The van der Waals surface area contributed by atoms with Crippen LogP contribution in [0.2, 0.25) is 0 Å². The highest BCUT2D eigenvalue weighted by atomic mass is 79.9. The lowest BCUT2D eigenvalue weighted by Crippen LogP contribution is -1.95. The van der Waals surface area contributed by atoms with Gasteiger partial charge in [-0.1, -0.05) is 27.3 Å². The number of halogens is 2. The molecule has 1 aromatic carbocycles. The maximum absolute atomic E-state index is 4.57. The van der Waals surface area contributed by atoms with Crippen molar-refractivity contribution in [1.82, 2.24) is 4.98 Å². The highest BCUT2D eigenvalue weighted by Gasteiger charge is 2.04. The lowest BCUT2D eigenvalue weighted by molar-refractivity contribution is 1.18. The van der Waals surface area contributed by atoms with Crippen LogP contribution in [0.1, 0.15) is 4.88 Å². The van der Waals surface area contributed by atoms with Crippen LogP contribution in [0, 0.1) is 0 Å². The number of benzene rings is 1. The molecular weight excluding hydrogens is 396 g/mol. The molecule has 0 aliphatic carbocycles. The first kappa shape index (κ1) is 12.6. The van der Waals surface area contributed by atoms with Gasteiger partial charge in [0.15, 0.2) is 5.13 Å². The molecule has 18 heavy (non-hydrogen) atoms. The van der Waals surface area contributed by atoms with E-state index in [0.29, 0.717) is 0 Å². The quantitative estimate of drug-likeness (QED) is 0.624. The number of nitrogens with one attached hydrogen (secondary N) is 1.